The second kappa shape index (κ2) is 6.28. The van der Waals surface area contributed by atoms with Gasteiger partial charge in [0.05, 0.1) is 0 Å². The second-order valence-electron chi connectivity index (χ2n) is 7.13. The Bertz CT molecular complexity index is 512. The van der Waals surface area contributed by atoms with Crippen LogP contribution in [0.5, 0.6) is 0 Å². The van der Waals surface area contributed by atoms with Crippen molar-refractivity contribution in [1.29, 1.82) is 0 Å². The van der Waals surface area contributed by atoms with Crippen LogP contribution in [0.25, 0.3) is 0 Å². The number of thioether (sulfide) groups is 1. The standard InChI is InChI=1S/C19H25BrS/c20-14-7-4-6-13(12-14)15-9-5-10-17-16-8-2-1-3-11-18(16)21-19(15)17/h5,9-10,13-14,16,18H,1-4,6-8,11-12H2/t13?,14-,16?,18?/m1/s1. The third-order valence-electron chi connectivity index (χ3n) is 5.75. The maximum Gasteiger partial charge on any atom is 0.0164 e. The molecule has 0 nitrogen and oxygen atoms in total. The van der Waals surface area contributed by atoms with E-state index in [2.05, 4.69) is 45.9 Å². The Morgan fingerprint density at radius 3 is 2.67 bits per heavy atom. The maximum absolute atomic E-state index is 3.87. The second-order valence-corrected chi connectivity index (χ2v) is 9.67. The highest BCUT2D eigenvalue weighted by Crippen LogP contribution is 2.54. The van der Waals surface area contributed by atoms with Crippen molar-refractivity contribution in [2.45, 2.75) is 84.6 Å². The molecule has 3 aliphatic rings. The van der Waals surface area contributed by atoms with E-state index in [0.29, 0.717) is 0 Å². The van der Waals surface area contributed by atoms with Crippen LogP contribution >= 0.6 is 27.7 Å². The van der Waals surface area contributed by atoms with E-state index in [1.807, 2.05) is 0 Å². The lowest BCUT2D eigenvalue weighted by molar-refractivity contribution is 0.453. The topological polar surface area (TPSA) is 0 Å². The molecule has 4 rings (SSSR count). The molecule has 0 saturated heterocycles. The van der Waals surface area contributed by atoms with Crippen molar-refractivity contribution in [3.8, 4) is 0 Å². The van der Waals surface area contributed by atoms with E-state index in [4.69, 9.17) is 0 Å². The van der Waals surface area contributed by atoms with Gasteiger partial charge in [0.25, 0.3) is 0 Å². The third kappa shape index (κ3) is 2.83. The summed E-state index contributed by atoms with van der Waals surface area (Å²) in [5.74, 6) is 1.66. The molecule has 0 bridgehead atoms. The summed E-state index contributed by atoms with van der Waals surface area (Å²) in [5.41, 5.74) is 3.40. The van der Waals surface area contributed by atoms with Crippen LogP contribution in [0.4, 0.5) is 0 Å². The molecule has 2 saturated carbocycles. The van der Waals surface area contributed by atoms with E-state index < -0.39 is 0 Å². The molecule has 0 N–H and O–H groups in total. The normalized spacial score (nSPS) is 35.9. The summed E-state index contributed by atoms with van der Waals surface area (Å²) >= 11 is 6.11. The largest absolute Gasteiger partial charge is 0.122 e. The molecule has 1 aliphatic heterocycles. The van der Waals surface area contributed by atoms with Gasteiger partial charge in [-0.05, 0) is 55.1 Å². The molecular formula is C19H25BrS. The molecule has 4 atom stereocenters. The van der Waals surface area contributed by atoms with Crippen LogP contribution in [-0.2, 0) is 0 Å². The lowest BCUT2D eigenvalue weighted by atomic mass is 9.82. The van der Waals surface area contributed by atoms with Crippen LogP contribution in [0.1, 0.15) is 80.8 Å². The molecule has 3 unspecified atom stereocenters. The summed E-state index contributed by atoms with van der Waals surface area (Å²) in [6.45, 7) is 0. The van der Waals surface area contributed by atoms with Crippen LogP contribution in [0.3, 0.4) is 0 Å². The van der Waals surface area contributed by atoms with Crippen LogP contribution < -0.4 is 0 Å². The third-order valence-corrected chi connectivity index (χ3v) is 8.15. The number of hydrogen-bond donors (Lipinski definition) is 0. The first-order valence-electron chi connectivity index (χ1n) is 8.76. The zero-order valence-electron chi connectivity index (χ0n) is 12.7. The molecule has 1 heterocycles. The van der Waals surface area contributed by atoms with E-state index in [0.717, 1.165) is 21.9 Å². The highest BCUT2D eigenvalue weighted by molar-refractivity contribution is 9.09. The molecule has 1 aromatic carbocycles. The number of halogens is 1. The summed E-state index contributed by atoms with van der Waals surface area (Å²) in [5, 5.41) is 0.881. The minimum absolute atomic E-state index is 0.740. The van der Waals surface area contributed by atoms with Crippen molar-refractivity contribution in [3.63, 3.8) is 0 Å². The molecule has 0 radical (unpaired) electrons. The molecule has 0 spiro atoms. The molecule has 1 aromatic rings. The molecule has 114 valence electrons. The van der Waals surface area contributed by atoms with Gasteiger partial charge in [-0.1, -0.05) is 59.8 Å². The van der Waals surface area contributed by atoms with Crippen molar-refractivity contribution in [2.75, 3.05) is 0 Å². The number of alkyl halides is 1. The van der Waals surface area contributed by atoms with Crippen LogP contribution in [0.15, 0.2) is 23.1 Å². The van der Waals surface area contributed by atoms with E-state index in [1.54, 1.807) is 16.0 Å². The van der Waals surface area contributed by atoms with Gasteiger partial charge in [-0.25, -0.2) is 0 Å². The van der Waals surface area contributed by atoms with Gasteiger partial charge in [0.15, 0.2) is 0 Å². The van der Waals surface area contributed by atoms with Crippen molar-refractivity contribution in [1.82, 2.24) is 0 Å². The predicted octanol–water partition coefficient (Wildman–Crippen LogP) is 6.63. The minimum Gasteiger partial charge on any atom is -0.122 e. The number of benzene rings is 1. The van der Waals surface area contributed by atoms with E-state index in [1.165, 1.54) is 57.8 Å². The fourth-order valence-corrected chi connectivity index (χ4v) is 7.19. The number of rotatable bonds is 1. The monoisotopic (exact) mass is 364 g/mol. The van der Waals surface area contributed by atoms with E-state index in [-0.39, 0.29) is 0 Å². The van der Waals surface area contributed by atoms with Gasteiger partial charge in [0.1, 0.15) is 0 Å². The summed E-state index contributed by atoms with van der Waals surface area (Å²) in [7, 11) is 0. The highest BCUT2D eigenvalue weighted by atomic mass is 79.9. The summed E-state index contributed by atoms with van der Waals surface area (Å²) in [6.07, 6.45) is 12.7. The average Bonchev–Trinajstić information content (AvgIpc) is 2.69. The minimum atomic E-state index is 0.740. The first-order chi connectivity index (χ1) is 10.3. The lowest BCUT2D eigenvalue weighted by Crippen LogP contribution is -2.14. The Morgan fingerprint density at radius 1 is 0.905 bits per heavy atom. The van der Waals surface area contributed by atoms with Gasteiger partial charge < -0.3 is 0 Å². The molecule has 0 amide bonds. The lowest BCUT2D eigenvalue weighted by Gasteiger charge is -2.27. The molecule has 21 heavy (non-hydrogen) atoms. The van der Waals surface area contributed by atoms with E-state index in [9.17, 15) is 0 Å². The van der Waals surface area contributed by atoms with Crippen LogP contribution in [-0.4, -0.2) is 10.1 Å². The number of fused-ring (bicyclic) bond motifs is 3. The summed E-state index contributed by atoms with van der Waals surface area (Å²) in [4.78, 5) is 2.44. The van der Waals surface area contributed by atoms with Crippen molar-refractivity contribution in [2.24, 2.45) is 0 Å². The highest BCUT2D eigenvalue weighted by Gasteiger charge is 2.36. The Labute approximate surface area is 141 Å². The maximum atomic E-state index is 3.87. The fraction of sp³-hybridized carbons (Fsp3) is 0.684. The van der Waals surface area contributed by atoms with Gasteiger partial charge >= 0.3 is 0 Å². The Hall–Kier alpha value is 0.0500. The Balaban J connectivity index is 1.66. The van der Waals surface area contributed by atoms with Gasteiger partial charge in [0.2, 0.25) is 0 Å². The summed E-state index contributed by atoms with van der Waals surface area (Å²) in [6, 6.07) is 7.23. The summed E-state index contributed by atoms with van der Waals surface area (Å²) < 4.78 is 0. The fourth-order valence-electron chi connectivity index (χ4n) is 4.66. The number of hydrogen-bond acceptors (Lipinski definition) is 1. The first-order valence-corrected chi connectivity index (χ1v) is 10.6. The van der Waals surface area contributed by atoms with Gasteiger partial charge in [-0.15, -0.1) is 11.8 Å². The van der Waals surface area contributed by atoms with Crippen LogP contribution in [0, 0.1) is 0 Å². The molecule has 2 fully saturated rings. The van der Waals surface area contributed by atoms with E-state index >= 15 is 0 Å². The molecule has 2 aliphatic carbocycles. The molecular weight excluding hydrogens is 340 g/mol. The zero-order valence-corrected chi connectivity index (χ0v) is 15.1. The van der Waals surface area contributed by atoms with Gasteiger partial charge in [-0.3, -0.25) is 0 Å². The zero-order chi connectivity index (χ0) is 14.2. The van der Waals surface area contributed by atoms with Crippen molar-refractivity contribution >= 4 is 27.7 Å². The van der Waals surface area contributed by atoms with Crippen molar-refractivity contribution < 1.29 is 0 Å². The SMILES string of the molecule is Br[C@@H]1CCCC(c2cccc3c2SC2CCCCCC32)C1. The first kappa shape index (κ1) is 14.6. The molecule has 2 heteroatoms. The Morgan fingerprint density at radius 2 is 1.76 bits per heavy atom. The Kier molecular flexibility index (Phi) is 4.37. The van der Waals surface area contributed by atoms with Crippen LogP contribution in [0.2, 0.25) is 0 Å². The van der Waals surface area contributed by atoms with Gasteiger partial charge in [0, 0.05) is 15.0 Å². The van der Waals surface area contributed by atoms with Gasteiger partial charge in [-0.2, -0.15) is 0 Å². The van der Waals surface area contributed by atoms with Crippen molar-refractivity contribution in [3.05, 3.63) is 29.3 Å². The molecule has 0 aromatic heterocycles. The quantitative estimate of drug-likeness (QED) is 0.503. The smallest absolute Gasteiger partial charge is 0.0164 e. The average molecular weight is 365 g/mol. The predicted molar refractivity (Wildman–Crippen MR) is 95.8 cm³/mol.